The topological polar surface area (TPSA) is 68.3 Å². The molecule has 0 spiro atoms. The van der Waals surface area contributed by atoms with E-state index in [9.17, 15) is 9.59 Å². The summed E-state index contributed by atoms with van der Waals surface area (Å²) in [7, 11) is 0. The first-order chi connectivity index (χ1) is 9.60. The summed E-state index contributed by atoms with van der Waals surface area (Å²) in [5.74, 6) is -0.189. The van der Waals surface area contributed by atoms with E-state index in [2.05, 4.69) is 26.2 Å². The van der Waals surface area contributed by atoms with Crippen molar-refractivity contribution in [3.8, 4) is 0 Å². The van der Waals surface area contributed by atoms with Gasteiger partial charge >= 0.3 is 6.09 Å². The lowest BCUT2D eigenvalue weighted by atomic mass is 10.1. The number of ether oxygens (including phenoxy) is 1. The molecule has 0 saturated carbocycles. The Labute approximate surface area is 128 Å². The molecule has 0 radical (unpaired) electrons. The maximum Gasteiger partial charge on any atom is 0.413 e. The molecule has 1 aromatic heterocycles. The maximum atomic E-state index is 12.2. The second-order valence-electron chi connectivity index (χ2n) is 3.72. The molecule has 0 aliphatic rings. The zero-order chi connectivity index (χ0) is 14.5. The van der Waals surface area contributed by atoms with Crippen LogP contribution in [0.25, 0.3) is 0 Å². The van der Waals surface area contributed by atoms with Crippen molar-refractivity contribution in [1.82, 2.24) is 4.98 Å². The smallest absolute Gasteiger partial charge is 0.413 e. The molecule has 0 aliphatic heterocycles. The van der Waals surface area contributed by atoms with E-state index in [-0.39, 0.29) is 12.4 Å². The van der Waals surface area contributed by atoms with Gasteiger partial charge in [-0.05, 0) is 31.2 Å². The zero-order valence-corrected chi connectivity index (χ0v) is 13.0. The second-order valence-corrected chi connectivity index (χ2v) is 5.49. The summed E-state index contributed by atoms with van der Waals surface area (Å²) < 4.78 is 5.64. The number of hydrogen-bond acceptors (Lipinski definition) is 5. The highest BCUT2D eigenvalue weighted by atomic mass is 79.9. The molecule has 5 nitrogen and oxygen atoms in total. The lowest BCUT2D eigenvalue weighted by Crippen LogP contribution is -2.13. The van der Waals surface area contributed by atoms with E-state index in [0.29, 0.717) is 16.4 Å². The molecule has 104 valence electrons. The standard InChI is InChI=1S/C13H11BrN2O3S/c1-2-19-13(18)16-12-15-10(7-20-12)11(17)8-3-5-9(14)6-4-8/h3-7H,2H2,1H3,(H,15,16,18). The Morgan fingerprint density at radius 1 is 1.35 bits per heavy atom. The van der Waals surface area contributed by atoms with E-state index in [1.54, 1.807) is 36.6 Å². The number of amides is 1. The molecule has 2 aromatic rings. The van der Waals surface area contributed by atoms with Crippen LogP contribution in [0.1, 0.15) is 23.0 Å². The van der Waals surface area contributed by atoms with Crippen LogP contribution < -0.4 is 5.32 Å². The van der Waals surface area contributed by atoms with Gasteiger partial charge in [-0.25, -0.2) is 9.78 Å². The van der Waals surface area contributed by atoms with Gasteiger partial charge < -0.3 is 4.74 Å². The first kappa shape index (κ1) is 14.7. The summed E-state index contributed by atoms with van der Waals surface area (Å²) in [6.45, 7) is 1.99. The lowest BCUT2D eigenvalue weighted by Gasteiger charge is -2.00. The molecule has 7 heteroatoms. The minimum atomic E-state index is -0.579. The van der Waals surface area contributed by atoms with E-state index in [1.165, 1.54) is 11.3 Å². The Bertz CT molecular complexity index is 625. The molecule has 0 aliphatic carbocycles. The molecule has 0 saturated heterocycles. The van der Waals surface area contributed by atoms with E-state index >= 15 is 0 Å². The molecule has 0 bridgehead atoms. The number of nitrogens with one attached hydrogen (secondary N) is 1. The number of rotatable bonds is 4. The molecule has 1 N–H and O–H groups in total. The second kappa shape index (κ2) is 6.62. The monoisotopic (exact) mass is 354 g/mol. The van der Waals surface area contributed by atoms with Gasteiger partial charge in [0.25, 0.3) is 0 Å². The molecule has 20 heavy (non-hydrogen) atoms. The highest BCUT2D eigenvalue weighted by Gasteiger charge is 2.14. The number of nitrogens with zero attached hydrogens (tertiary/aromatic N) is 1. The first-order valence-electron chi connectivity index (χ1n) is 5.79. The Morgan fingerprint density at radius 2 is 2.05 bits per heavy atom. The summed E-state index contributed by atoms with van der Waals surface area (Å²) in [6.07, 6.45) is -0.579. The van der Waals surface area contributed by atoms with Crippen LogP contribution in [0.15, 0.2) is 34.1 Å². The van der Waals surface area contributed by atoms with Crippen molar-refractivity contribution in [1.29, 1.82) is 0 Å². The number of aromatic nitrogens is 1. The number of ketones is 1. The molecule has 0 fully saturated rings. The van der Waals surface area contributed by atoms with Crippen molar-refractivity contribution in [3.05, 3.63) is 45.4 Å². The SMILES string of the molecule is CCOC(=O)Nc1nc(C(=O)c2ccc(Br)cc2)cs1. The third kappa shape index (κ3) is 3.64. The summed E-state index contributed by atoms with van der Waals surface area (Å²) in [5.41, 5.74) is 0.838. The lowest BCUT2D eigenvalue weighted by molar-refractivity contribution is 0.103. The van der Waals surface area contributed by atoms with Gasteiger partial charge in [-0.1, -0.05) is 15.9 Å². The average molecular weight is 355 g/mol. The normalized spacial score (nSPS) is 10.1. The van der Waals surface area contributed by atoms with Crippen molar-refractivity contribution < 1.29 is 14.3 Å². The van der Waals surface area contributed by atoms with Crippen molar-refractivity contribution in [2.45, 2.75) is 6.92 Å². The highest BCUT2D eigenvalue weighted by molar-refractivity contribution is 9.10. The van der Waals surface area contributed by atoms with Gasteiger partial charge in [-0.15, -0.1) is 11.3 Å². The van der Waals surface area contributed by atoms with E-state index in [0.717, 1.165) is 4.47 Å². The van der Waals surface area contributed by atoms with Gasteiger partial charge in [0.05, 0.1) is 6.61 Å². The van der Waals surface area contributed by atoms with Crippen LogP contribution in [0.3, 0.4) is 0 Å². The van der Waals surface area contributed by atoms with Crippen LogP contribution in [0.2, 0.25) is 0 Å². The molecular formula is C13H11BrN2O3S. The highest BCUT2D eigenvalue weighted by Crippen LogP contribution is 2.19. The number of thiazole rings is 1. The molecule has 1 aromatic carbocycles. The summed E-state index contributed by atoms with van der Waals surface area (Å²) in [5, 5.41) is 4.41. The fourth-order valence-corrected chi connectivity index (χ4v) is 2.38. The van der Waals surface area contributed by atoms with Gasteiger partial charge in [0.1, 0.15) is 5.69 Å². The third-order valence-corrected chi connectivity index (χ3v) is 3.61. The number of hydrogen-bond donors (Lipinski definition) is 1. The largest absolute Gasteiger partial charge is 0.450 e. The number of benzene rings is 1. The first-order valence-corrected chi connectivity index (χ1v) is 7.47. The molecule has 0 atom stereocenters. The average Bonchev–Trinajstić information content (AvgIpc) is 2.87. The van der Waals surface area contributed by atoms with Crippen LogP contribution in [-0.2, 0) is 4.74 Å². The van der Waals surface area contributed by atoms with E-state index in [4.69, 9.17) is 4.74 Å². The van der Waals surface area contributed by atoms with Gasteiger partial charge in [-0.2, -0.15) is 0 Å². The minimum Gasteiger partial charge on any atom is -0.450 e. The molecule has 1 amide bonds. The van der Waals surface area contributed by atoms with E-state index in [1.807, 2.05) is 0 Å². The number of carbonyl (C=O) groups is 2. The third-order valence-electron chi connectivity index (χ3n) is 2.33. The number of anilines is 1. The Balaban J connectivity index is 2.10. The van der Waals surface area contributed by atoms with Crippen LogP contribution in [-0.4, -0.2) is 23.5 Å². The predicted octanol–water partition coefficient (Wildman–Crippen LogP) is 3.71. The van der Waals surface area contributed by atoms with Gasteiger partial charge in [0.2, 0.25) is 5.78 Å². The fraction of sp³-hybridized carbons (Fsp3) is 0.154. The van der Waals surface area contributed by atoms with Crippen molar-refractivity contribution in [2.24, 2.45) is 0 Å². The van der Waals surface area contributed by atoms with Crippen LogP contribution in [0, 0.1) is 0 Å². The van der Waals surface area contributed by atoms with E-state index < -0.39 is 6.09 Å². The maximum absolute atomic E-state index is 12.2. The summed E-state index contributed by atoms with van der Waals surface area (Å²) in [4.78, 5) is 27.5. The molecular weight excluding hydrogens is 344 g/mol. The Kier molecular flexibility index (Phi) is 4.86. The molecule has 2 rings (SSSR count). The molecule has 0 unspecified atom stereocenters. The number of carbonyl (C=O) groups excluding carboxylic acids is 2. The Hall–Kier alpha value is -1.73. The predicted molar refractivity (Wildman–Crippen MR) is 80.3 cm³/mol. The molecule has 1 heterocycles. The van der Waals surface area contributed by atoms with Crippen LogP contribution in [0.4, 0.5) is 9.93 Å². The van der Waals surface area contributed by atoms with Crippen LogP contribution >= 0.6 is 27.3 Å². The van der Waals surface area contributed by atoms with Crippen molar-refractivity contribution >= 4 is 44.3 Å². The van der Waals surface area contributed by atoms with Gasteiger partial charge in [0.15, 0.2) is 5.13 Å². The van der Waals surface area contributed by atoms with Crippen LogP contribution in [0.5, 0.6) is 0 Å². The number of halogens is 1. The quantitative estimate of drug-likeness (QED) is 0.849. The summed E-state index contributed by atoms with van der Waals surface area (Å²) in [6, 6.07) is 7.00. The zero-order valence-electron chi connectivity index (χ0n) is 10.6. The minimum absolute atomic E-state index is 0.189. The Morgan fingerprint density at radius 3 is 2.70 bits per heavy atom. The van der Waals surface area contributed by atoms with Crippen molar-refractivity contribution in [2.75, 3.05) is 11.9 Å². The van der Waals surface area contributed by atoms with Gasteiger partial charge in [-0.3, -0.25) is 10.1 Å². The fourth-order valence-electron chi connectivity index (χ4n) is 1.44. The summed E-state index contributed by atoms with van der Waals surface area (Å²) >= 11 is 4.49. The van der Waals surface area contributed by atoms with Crippen molar-refractivity contribution in [3.63, 3.8) is 0 Å². The van der Waals surface area contributed by atoms with Gasteiger partial charge in [0, 0.05) is 15.4 Å².